The molecule has 26 heavy (non-hydrogen) atoms. The van der Waals surface area contributed by atoms with Gasteiger partial charge in [0.2, 0.25) is 5.91 Å². The fourth-order valence-electron chi connectivity index (χ4n) is 4.40. The molecule has 0 spiro atoms. The van der Waals surface area contributed by atoms with Crippen LogP contribution in [0.5, 0.6) is 0 Å². The average molecular weight is 359 g/mol. The molecule has 7 nitrogen and oxygen atoms in total. The summed E-state index contributed by atoms with van der Waals surface area (Å²) in [5, 5.41) is 19.6. The van der Waals surface area contributed by atoms with Gasteiger partial charge in [-0.25, -0.2) is 0 Å². The van der Waals surface area contributed by atoms with Gasteiger partial charge in [-0.1, -0.05) is 0 Å². The summed E-state index contributed by atoms with van der Waals surface area (Å²) in [5.74, 6) is 1.03. The number of rotatable bonds is 4. The van der Waals surface area contributed by atoms with Crippen molar-refractivity contribution in [2.75, 3.05) is 44.7 Å². The van der Waals surface area contributed by atoms with Crippen LogP contribution in [-0.2, 0) is 17.6 Å². The number of aryl methyl sites for hydroxylation is 2. The molecule has 1 aromatic heterocycles. The number of anilines is 1. The van der Waals surface area contributed by atoms with E-state index in [1.54, 1.807) is 11.8 Å². The number of hydrogen-bond acceptors (Lipinski definition) is 6. The van der Waals surface area contributed by atoms with Gasteiger partial charge < -0.3 is 14.9 Å². The summed E-state index contributed by atoms with van der Waals surface area (Å²) < 4.78 is 0. The lowest BCUT2D eigenvalue weighted by Crippen LogP contribution is -2.61. The summed E-state index contributed by atoms with van der Waals surface area (Å²) in [6.07, 6.45) is 5.31. The minimum absolute atomic E-state index is 0.0457. The van der Waals surface area contributed by atoms with Crippen LogP contribution in [0.15, 0.2) is 6.07 Å². The number of hydrogen-bond donors (Lipinski definition) is 1. The first kappa shape index (κ1) is 17.7. The first-order valence-corrected chi connectivity index (χ1v) is 9.72. The van der Waals surface area contributed by atoms with Crippen molar-refractivity contribution in [3.63, 3.8) is 0 Å². The molecule has 1 amide bonds. The van der Waals surface area contributed by atoms with Gasteiger partial charge in [-0.15, -0.1) is 5.10 Å². The molecule has 1 atom stereocenters. The van der Waals surface area contributed by atoms with E-state index in [1.807, 2.05) is 0 Å². The number of nitrogens with zero attached hydrogens (tertiary/aromatic N) is 5. The molecule has 0 saturated carbocycles. The third-order valence-electron chi connectivity index (χ3n) is 6.19. The first-order valence-electron chi connectivity index (χ1n) is 9.72. The summed E-state index contributed by atoms with van der Waals surface area (Å²) >= 11 is 0. The molecule has 1 aromatic rings. The van der Waals surface area contributed by atoms with Crippen LogP contribution in [0.4, 0.5) is 5.82 Å². The number of likely N-dealkylation sites (N-methyl/N-ethyl adjacent to an activating group) is 1. The lowest BCUT2D eigenvalue weighted by molar-refractivity contribution is -0.129. The van der Waals surface area contributed by atoms with Gasteiger partial charge in [-0.05, 0) is 50.8 Å². The van der Waals surface area contributed by atoms with Crippen LogP contribution >= 0.6 is 0 Å². The Hall–Kier alpha value is -1.73. The largest absolute Gasteiger partial charge is 0.387 e. The molecule has 7 heteroatoms. The van der Waals surface area contributed by atoms with Crippen LogP contribution in [0, 0.1) is 0 Å². The van der Waals surface area contributed by atoms with Crippen LogP contribution in [-0.4, -0.2) is 82.4 Å². The van der Waals surface area contributed by atoms with Crippen LogP contribution in [0.2, 0.25) is 0 Å². The molecular formula is C19H29N5O2. The van der Waals surface area contributed by atoms with Crippen LogP contribution in [0.3, 0.4) is 0 Å². The second-order valence-electron chi connectivity index (χ2n) is 8.27. The highest BCUT2D eigenvalue weighted by molar-refractivity contribution is 5.73. The molecule has 0 aromatic carbocycles. The lowest BCUT2D eigenvalue weighted by atomic mass is 9.96. The first-order chi connectivity index (χ1) is 12.4. The Balaban J connectivity index is 1.31. The molecular weight excluding hydrogens is 330 g/mol. The average Bonchev–Trinajstić information content (AvgIpc) is 2.95. The predicted octanol–water partition coefficient (Wildman–Crippen LogP) is 0.459. The Morgan fingerprint density at radius 2 is 2.12 bits per heavy atom. The lowest BCUT2D eigenvalue weighted by Gasteiger charge is -2.46. The van der Waals surface area contributed by atoms with Crippen LogP contribution in [0.25, 0.3) is 0 Å². The maximum atomic E-state index is 11.5. The van der Waals surface area contributed by atoms with Crippen molar-refractivity contribution in [1.29, 1.82) is 0 Å². The van der Waals surface area contributed by atoms with Gasteiger partial charge in [-0.2, -0.15) is 5.10 Å². The Morgan fingerprint density at radius 3 is 2.85 bits per heavy atom. The van der Waals surface area contributed by atoms with Gasteiger partial charge in [0.1, 0.15) is 0 Å². The van der Waals surface area contributed by atoms with Gasteiger partial charge in [0, 0.05) is 39.1 Å². The molecule has 3 aliphatic rings. The third kappa shape index (κ3) is 3.42. The number of amides is 1. The Kier molecular flexibility index (Phi) is 4.61. The molecule has 2 fully saturated rings. The smallest absolute Gasteiger partial charge is 0.219 e. The number of aromatic nitrogens is 2. The van der Waals surface area contributed by atoms with Crippen molar-refractivity contribution < 1.29 is 9.90 Å². The summed E-state index contributed by atoms with van der Waals surface area (Å²) in [4.78, 5) is 17.7. The zero-order chi connectivity index (χ0) is 18.3. The van der Waals surface area contributed by atoms with E-state index in [0.29, 0.717) is 32.1 Å². The summed E-state index contributed by atoms with van der Waals surface area (Å²) in [7, 11) is 2.06. The fourth-order valence-corrected chi connectivity index (χ4v) is 4.40. The molecule has 1 unspecified atom stereocenters. The second kappa shape index (κ2) is 6.78. The standard InChI is InChI=1S/C19H29N5O2/c1-14(25)23-8-7-19(26,13-23)12-22(2)16-10-24(11-16)18-9-15-5-3-4-6-17(15)20-21-18/h9,16,26H,3-8,10-13H2,1-2H3. The Bertz CT molecular complexity index is 691. The number of carbonyl (C=O) groups is 1. The van der Waals surface area contributed by atoms with E-state index in [2.05, 4.69) is 33.1 Å². The van der Waals surface area contributed by atoms with Crippen molar-refractivity contribution in [1.82, 2.24) is 20.0 Å². The normalized spacial score (nSPS) is 26.2. The Morgan fingerprint density at radius 1 is 1.35 bits per heavy atom. The van der Waals surface area contributed by atoms with Crippen molar-refractivity contribution in [2.24, 2.45) is 0 Å². The molecule has 0 radical (unpaired) electrons. The van der Waals surface area contributed by atoms with Gasteiger partial charge in [0.15, 0.2) is 5.82 Å². The second-order valence-corrected chi connectivity index (χ2v) is 8.27. The highest BCUT2D eigenvalue weighted by Crippen LogP contribution is 2.28. The molecule has 0 bridgehead atoms. The van der Waals surface area contributed by atoms with Crippen molar-refractivity contribution >= 4 is 11.7 Å². The van der Waals surface area contributed by atoms with E-state index < -0.39 is 5.60 Å². The number of carbonyl (C=O) groups excluding carboxylic acids is 1. The fraction of sp³-hybridized carbons (Fsp3) is 0.737. The highest BCUT2D eigenvalue weighted by atomic mass is 16.3. The minimum Gasteiger partial charge on any atom is -0.387 e. The maximum absolute atomic E-state index is 11.5. The minimum atomic E-state index is -0.785. The number of aliphatic hydroxyl groups is 1. The quantitative estimate of drug-likeness (QED) is 0.842. The number of likely N-dealkylation sites (tertiary alicyclic amines) is 1. The van der Waals surface area contributed by atoms with E-state index in [-0.39, 0.29) is 5.91 Å². The van der Waals surface area contributed by atoms with E-state index in [1.165, 1.54) is 24.1 Å². The summed E-state index contributed by atoms with van der Waals surface area (Å²) in [6.45, 7) is 5.09. The van der Waals surface area contributed by atoms with Crippen molar-refractivity contribution in [2.45, 2.75) is 50.7 Å². The van der Waals surface area contributed by atoms with E-state index in [9.17, 15) is 9.90 Å². The summed E-state index contributed by atoms with van der Waals surface area (Å²) in [6, 6.07) is 2.62. The molecule has 142 valence electrons. The van der Waals surface area contributed by atoms with Gasteiger partial charge in [0.25, 0.3) is 0 Å². The molecule has 4 rings (SSSR count). The molecule has 1 N–H and O–H groups in total. The topological polar surface area (TPSA) is 72.8 Å². The van der Waals surface area contributed by atoms with Crippen LogP contribution < -0.4 is 4.90 Å². The zero-order valence-electron chi connectivity index (χ0n) is 15.8. The van der Waals surface area contributed by atoms with Gasteiger partial charge in [0.05, 0.1) is 17.8 Å². The number of fused-ring (bicyclic) bond motifs is 1. The maximum Gasteiger partial charge on any atom is 0.219 e. The summed E-state index contributed by atoms with van der Waals surface area (Å²) in [5.41, 5.74) is 1.75. The van der Waals surface area contributed by atoms with Crippen molar-refractivity contribution in [3.05, 3.63) is 17.3 Å². The molecule has 2 saturated heterocycles. The zero-order valence-corrected chi connectivity index (χ0v) is 15.8. The molecule has 2 aliphatic heterocycles. The third-order valence-corrected chi connectivity index (χ3v) is 6.19. The van der Waals surface area contributed by atoms with E-state index in [4.69, 9.17) is 0 Å². The van der Waals surface area contributed by atoms with E-state index in [0.717, 1.165) is 31.7 Å². The SMILES string of the molecule is CC(=O)N1CCC(O)(CN(C)C2CN(c3cc4c(nn3)CCCC4)C2)C1. The van der Waals surface area contributed by atoms with Gasteiger partial charge >= 0.3 is 0 Å². The molecule has 3 heterocycles. The number of β-amino-alcohol motifs (C(OH)–C–C–N with tert-alkyl or cyclic N) is 1. The van der Waals surface area contributed by atoms with Crippen molar-refractivity contribution in [3.8, 4) is 0 Å². The van der Waals surface area contributed by atoms with E-state index >= 15 is 0 Å². The predicted molar refractivity (Wildman–Crippen MR) is 99.1 cm³/mol. The van der Waals surface area contributed by atoms with Crippen LogP contribution in [0.1, 0.15) is 37.4 Å². The highest BCUT2D eigenvalue weighted by Gasteiger charge is 2.41. The Labute approximate surface area is 155 Å². The monoisotopic (exact) mass is 359 g/mol. The van der Waals surface area contributed by atoms with Gasteiger partial charge in [-0.3, -0.25) is 9.69 Å². The molecule has 1 aliphatic carbocycles.